The monoisotopic (exact) mass is 266 g/mol. The molecule has 6 heteroatoms. The summed E-state index contributed by atoms with van der Waals surface area (Å²) >= 11 is 4.99. The van der Waals surface area contributed by atoms with Crippen molar-refractivity contribution < 1.29 is 4.79 Å². The SMILES string of the molecule is CNC(=O)C(C)CN(C)c1ncccc1C(N)=S. The molecule has 0 saturated heterocycles. The average Bonchev–Trinajstić information content (AvgIpc) is 2.37. The highest BCUT2D eigenvalue weighted by Crippen LogP contribution is 2.16. The molecule has 1 heterocycles. The number of amides is 1. The molecule has 0 aliphatic carbocycles. The van der Waals surface area contributed by atoms with E-state index in [1.54, 1.807) is 19.3 Å². The molecule has 0 saturated carbocycles. The molecule has 5 nitrogen and oxygen atoms in total. The molecule has 3 N–H and O–H groups in total. The molecule has 1 aromatic rings. The third-order valence-electron chi connectivity index (χ3n) is 2.66. The Bertz CT molecular complexity index is 449. The molecule has 18 heavy (non-hydrogen) atoms. The maximum absolute atomic E-state index is 11.5. The standard InChI is InChI=1S/C12H18N4OS/c1-8(12(17)14-2)7-16(3)11-9(10(13)18)5-4-6-15-11/h4-6,8H,7H2,1-3H3,(H2,13,18)(H,14,17). The van der Waals surface area contributed by atoms with Crippen LogP contribution in [0.2, 0.25) is 0 Å². The molecule has 0 aliphatic heterocycles. The minimum absolute atomic E-state index is 0.00495. The highest BCUT2D eigenvalue weighted by Gasteiger charge is 2.17. The number of carbonyl (C=O) groups excluding carboxylic acids is 1. The second-order valence-electron chi connectivity index (χ2n) is 4.13. The summed E-state index contributed by atoms with van der Waals surface area (Å²) in [6.45, 7) is 2.41. The first-order valence-electron chi connectivity index (χ1n) is 5.65. The van der Waals surface area contributed by atoms with Crippen LogP contribution in [0.1, 0.15) is 12.5 Å². The fourth-order valence-electron chi connectivity index (χ4n) is 1.72. The number of hydrogen-bond acceptors (Lipinski definition) is 4. The lowest BCUT2D eigenvalue weighted by molar-refractivity contribution is -0.123. The van der Waals surface area contributed by atoms with Crippen LogP contribution in [0.25, 0.3) is 0 Å². The molecule has 1 amide bonds. The van der Waals surface area contributed by atoms with E-state index in [1.165, 1.54) is 0 Å². The van der Waals surface area contributed by atoms with E-state index in [9.17, 15) is 4.79 Å². The molecular weight excluding hydrogens is 248 g/mol. The number of nitrogens with zero attached hydrogens (tertiary/aromatic N) is 2. The van der Waals surface area contributed by atoms with Crippen LogP contribution in [-0.4, -0.2) is 36.5 Å². The maximum atomic E-state index is 11.5. The van der Waals surface area contributed by atoms with Gasteiger partial charge in [0.1, 0.15) is 10.8 Å². The Labute approximate surface area is 112 Å². The fourth-order valence-corrected chi connectivity index (χ4v) is 1.88. The van der Waals surface area contributed by atoms with Crippen LogP contribution in [-0.2, 0) is 4.79 Å². The van der Waals surface area contributed by atoms with Gasteiger partial charge >= 0.3 is 0 Å². The largest absolute Gasteiger partial charge is 0.389 e. The van der Waals surface area contributed by atoms with Crippen molar-refractivity contribution in [1.29, 1.82) is 0 Å². The number of hydrogen-bond donors (Lipinski definition) is 2. The van der Waals surface area contributed by atoms with E-state index in [-0.39, 0.29) is 11.8 Å². The number of nitrogens with one attached hydrogen (secondary N) is 1. The van der Waals surface area contributed by atoms with Gasteiger partial charge in [0.05, 0.1) is 11.5 Å². The van der Waals surface area contributed by atoms with Gasteiger partial charge in [0.2, 0.25) is 5.91 Å². The summed E-state index contributed by atoms with van der Waals surface area (Å²) in [5, 5.41) is 2.62. The quantitative estimate of drug-likeness (QED) is 0.761. The van der Waals surface area contributed by atoms with Crippen LogP contribution >= 0.6 is 12.2 Å². The molecular formula is C12H18N4OS. The van der Waals surface area contributed by atoms with Crippen LogP contribution in [0, 0.1) is 5.92 Å². The number of rotatable bonds is 5. The number of pyridine rings is 1. The molecule has 1 atom stereocenters. The molecule has 0 spiro atoms. The Kier molecular flexibility index (Phi) is 5.03. The number of nitrogens with two attached hydrogens (primary N) is 1. The van der Waals surface area contributed by atoms with Crippen LogP contribution < -0.4 is 16.0 Å². The lowest BCUT2D eigenvalue weighted by Crippen LogP contribution is -2.35. The Morgan fingerprint density at radius 1 is 1.67 bits per heavy atom. The van der Waals surface area contributed by atoms with Crippen LogP contribution in [0.15, 0.2) is 18.3 Å². The van der Waals surface area contributed by atoms with Crippen LogP contribution in [0.5, 0.6) is 0 Å². The first kappa shape index (κ1) is 14.4. The molecule has 1 rings (SSSR count). The van der Waals surface area contributed by atoms with Crippen LogP contribution in [0.4, 0.5) is 5.82 Å². The summed E-state index contributed by atoms with van der Waals surface area (Å²) in [7, 11) is 3.49. The van der Waals surface area contributed by atoms with Crippen molar-refractivity contribution in [1.82, 2.24) is 10.3 Å². The topological polar surface area (TPSA) is 71.2 Å². The first-order valence-corrected chi connectivity index (χ1v) is 6.05. The van der Waals surface area contributed by atoms with Crippen molar-refractivity contribution >= 4 is 28.9 Å². The Hall–Kier alpha value is -1.69. The molecule has 0 fully saturated rings. The van der Waals surface area contributed by atoms with Gasteiger partial charge in [-0.15, -0.1) is 0 Å². The predicted molar refractivity (Wildman–Crippen MR) is 76.6 cm³/mol. The lowest BCUT2D eigenvalue weighted by Gasteiger charge is -2.23. The summed E-state index contributed by atoms with van der Waals surface area (Å²) in [5.74, 6) is 0.552. The van der Waals surface area contributed by atoms with E-state index in [2.05, 4.69) is 10.3 Å². The highest BCUT2D eigenvalue weighted by molar-refractivity contribution is 7.80. The highest BCUT2D eigenvalue weighted by atomic mass is 32.1. The van der Waals surface area contributed by atoms with Crippen molar-refractivity contribution in [3.05, 3.63) is 23.9 Å². The number of anilines is 1. The number of thiocarbonyl (C=S) groups is 1. The van der Waals surface area contributed by atoms with Gasteiger partial charge in [-0.1, -0.05) is 19.1 Å². The second kappa shape index (κ2) is 6.30. The van der Waals surface area contributed by atoms with Gasteiger partial charge in [-0.25, -0.2) is 4.98 Å². The molecule has 0 radical (unpaired) electrons. The smallest absolute Gasteiger partial charge is 0.224 e. The number of carbonyl (C=O) groups is 1. The van der Waals surface area contributed by atoms with Gasteiger partial charge in [-0.05, 0) is 12.1 Å². The Morgan fingerprint density at radius 2 is 2.33 bits per heavy atom. The number of aromatic nitrogens is 1. The second-order valence-corrected chi connectivity index (χ2v) is 4.57. The molecule has 98 valence electrons. The van der Waals surface area contributed by atoms with Crippen molar-refractivity contribution in [2.45, 2.75) is 6.92 Å². The summed E-state index contributed by atoms with van der Waals surface area (Å²) < 4.78 is 0. The minimum atomic E-state index is -0.138. The zero-order valence-corrected chi connectivity index (χ0v) is 11.6. The van der Waals surface area contributed by atoms with Crippen molar-refractivity contribution in [3.63, 3.8) is 0 Å². The summed E-state index contributed by atoms with van der Waals surface area (Å²) in [6, 6.07) is 3.61. The van der Waals surface area contributed by atoms with E-state index < -0.39 is 0 Å². The van der Waals surface area contributed by atoms with Gasteiger partial charge in [0, 0.05) is 26.8 Å². The lowest BCUT2D eigenvalue weighted by atomic mass is 10.1. The van der Waals surface area contributed by atoms with Gasteiger partial charge in [-0.3, -0.25) is 4.79 Å². The van der Waals surface area contributed by atoms with Gasteiger partial charge < -0.3 is 16.0 Å². The van der Waals surface area contributed by atoms with Crippen molar-refractivity contribution in [2.75, 3.05) is 25.5 Å². The average molecular weight is 266 g/mol. The summed E-state index contributed by atoms with van der Waals surface area (Å²) in [6.07, 6.45) is 1.68. The van der Waals surface area contributed by atoms with E-state index in [0.717, 1.165) is 5.56 Å². The predicted octanol–water partition coefficient (Wildman–Crippen LogP) is 0.534. The van der Waals surface area contributed by atoms with Crippen LogP contribution in [0.3, 0.4) is 0 Å². The molecule has 0 aromatic carbocycles. The van der Waals surface area contributed by atoms with E-state index in [1.807, 2.05) is 24.9 Å². The first-order chi connectivity index (χ1) is 8.47. The van der Waals surface area contributed by atoms with E-state index in [0.29, 0.717) is 17.4 Å². The van der Waals surface area contributed by atoms with Gasteiger partial charge in [0.15, 0.2) is 0 Å². The maximum Gasteiger partial charge on any atom is 0.224 e. The van der Waals surface area contributed by atoms with E-state index >= 15 is 0 Å². The van der Waals surface area contributed by atoms with E-state index in [4.69, 9.17) is 18.0 Å². The normalized spacial score (nSPS) is 11.7. The molecule has 0 bridgehead atoms. The van der Waals surface area contributed by atoms with Crippen molar-refractivity contribution in [2.24, 2.45) is 11.7 Å². The fraction of sp³-hybridized carbons (Fsp3) is 0.417. The molecule has 0 aliphatic rings. The third-order valence-corrected chi connectivity index (χ3v) is 2.88. The molecule has 1 unspecified atom stereocenters. The molecule has 1 aromatic heterocycles. The van der Waals surface area contributed by atoms with Crippen molar-refractivity contribution in [3.8, 4) is 0 Å². The minimum Gasteiger partial charge on any atom is -0.389 e. The van der Waals surface area contributed by atoms with Gasteiger partial charge in [0.25, 0.3) is 0 Å². The Morgan fingerprint density at radius 3 is 2.89 bits per heavy atom. The van der Waals surface area contributed by atoms with Gasteiger partial charge in [-0.2, -0.15) is 0 Å². The Balaban J connectivity index is 2.87. The zero-order valence-electron chi connectivity index (χ0n) is 10.8. The summed E-state index contributed by atoms with van der Waals surface area (Å²) in [5.41, 5.74) is 6.38. The third kappa shape index (κ3) is 3.40. The zero-order chi connectivity index (χ0) is 13.7. The summed E-state index contributed by atoms with van der Waals surface area (Å²) in [4.78, 5) is 17.9.